The fourth-order valence-corrected chi connectivity index (χ4v) is 1.85. The van der Waals surface area contributed by atoms with Crippen LogP contribution in [-0.4, -0.2) is 43.0 Å². The number of nitrogens with one attached hydrogen (secondary N) is 1. The van der Waals surface area contributed by atoms with Crippen molar-refractivity contribution in [3.8, 4) is 5.75 Å². The maximum Gasteiger partial charge on any atom is 0.258 e. The molecule has 0 aliphatic heterocycles. The summed E-state index contributed by atoms with van der Waals surface area (Å²) >= 11 is 0. The average molecular weight is 278 g/mol. The molecule has 2 amide bonds. The van der Waals surface area contributed by atoms with E-state index in [0.29, 0.717) is 31.0 Å². The molecule has 0 atom stereocenters. The van der Waals surface area contributed by atoms with E-state index in [4.69, 9.17) is 4.74 Å². The molecule has 0 saturated carbocycles. The van der Waals surface area contributed by atoms with Crippen molar-refractivity contribution >= 4 is 11.8 Å². The Bertz CT molecular complexity index is 460. The van der Waals surface area contributed by atoms with Gasteiger partial charge in [0.25, 0.3) is 5.91 Å². The zero-order valence-corrected chi connectivity index (χ0v) is 12.3. The second-order valence-corrected chi connectivity index (χ2v) is 4.20. The summed E-state index contributed by atoms with van der Waals surface area (Å²) in [6.07, 6.45) is 0. The van der Waals surface area contributed by atoms with Crippen LogP contribution in [-0.2, 0) is 4.79 Å². The molecule has 0 radical (unpaired) electrons. The Labute approximate surface area is 119 Å². The van der Waals surface area contributed by atoms with Gasteiger partial charge in [-0.05, 0) is 32.9 Å². The summed E-state index contributed by atoms with van der Waals surface area (Å²) in [4.78, 5) is 25.6. The summed E-state index contributed by atoms with van der Waals surface area (Å²) in [6, 6.07) is 7.09. The van der Waals surface area contributed by atoms with Gasteiger partial charge >= 0.3 is 0 Å². The van der Waals surface area contributed by atoms with Crippen molar-refractivity contribution in [1.82, 2.24) is 10.2 Å². The van der Waals surface area contributed by atoms with Crippen LogP contribution < -0.4 is 10.1 Å². The van der Waals surface area contributed by atoms with Crippen LogP contribution in [0.3, 0.4) is 0 Å². The van der Waals surface area contributed by atoms with Gasteiger partial charge in [0.2, 0.25) is 5.91 Å². The van der Waals surface area contributed by atoms with Gasteiger partial charge in [0.15, 0.2) is 0 Å². The van der Waals surface area contributed by atoms with Gasteiger partial charge < -0.3 is 15.0 Å². The third-order valence-electron chi connectivity index (χ3n) is 2.79. The highest BCUT2D eigenvalue weighted by Gasteiger charge is 2.20. The van der Waals surface area contributed by atoms with E-state index < -0.39 is 0 Å². The van der Waals surface area contributed by atoms with Crippen molar-refractivity contribution < 1.29 is 14.3 Å². The molecule has 0 aromatic heterocycles. The standard InChI is InChI=1S/C15H22N2O3/c1-4-16-14(18)11-17(5-2)15(19)12-9-7-8-10-13(12)20-6-3/h7-10H,4-6,11H2,1-3H3,(H,16,18). The first-order valence-electron chi connectivity index (χ1n) is 6.91. The summed E-state index contributed by atoms with van der Waals surface area (Å²) < 4.78 is 5.46. The second-order valence-electron chi connectivity index (χ2n) is 4.20. The number of carbonyl (C=O) groups is 2. The SMILES string of the molecule is CCNC(=O)CN(CC)C(=O)c1ccccc1OCC. The quantitative estimate of drug-likeness (QED) is 0.825. The Morgan fingerprint density at radius 3 is 2.50 bits per heavy atom. The van der Waals surface area contributed by atoms with E-state index in [1.54, 1.807) is 18.2 Å². The molecule has 5 nitrogen and oxygen atoms in total. The van der Waals surface area contributed by atoms with Crippen LogP contribution in [0.15, 0.2) is 24.3 Å². The number of rotatable bonds is 7. The normalized spacial score (nSPS) is 9.95. The van der Waals surface area contributed by atoms with Gasteiger partial charge in [0.05, 0.1) is 18.7 Å². The zero-order valence-electron chi connectivity index (χ0n) is 12.3. The van der Waals surface area contributed by atoms with Crippen molar-refractivity contribution in [3.63, 3.8) is 0 Å². The van der Waals surface area contributed by atoms with Gasteiger partial charge in [-0.2, -0.15) is 0 Å². The van der Waals surface area contributed by atoms with E-state index in [0.717, 1.165) is 0 Å². The van der Waals surface area contributed by atoms with Crippen molar-refractivity contribution in [1.29, 1.82) is 0 Å². The molecule has 0 spiro atoms. The number of carbonyl (C=O) groups excluding carboxylic acids is 2. The molecule has 0 bridgehead atoms. The molecule has 0 saturated heterocycles. The molecular weight excluding hydrogens is 256 g/mol. The smallest absolute Gasteiger partial charge is 0.258 e. The molecule has 20 heavy (non-hydrogen) atoms. The Morgan fingerprint density at radius 2 is 1.90 bits per heavy atom. The number of likely N-dealkylation sites (N-methyl/N-ethyl adjacent to an activating group) is 2. The number of benzene rings is 1. The minimum absolute atomic E-state index is 0.0592. The second kappa shape index (κ2) is 8.19. The van der Waals surface area contributed by atoms with Crippen molar-refractivity contribution in [2.45, 2.75) is 20.8 Å². The summed E-state index contributed by atoms with van der Waals surface area (Å²) in [6.45, 7) is 7.14. The predicted molar refractivity (Wildman–Crippen MR) is 77.9 cm³/mol. The summed E-state index contributed by atoms with van der Waals surface area (Å²) in [5.74, 6) is 0.203. The maximum atomic E-state index is 12.5. The first kappa shape index (κ1) is 16.0. The fraction of sp³-hybridized carbons (Fsp3) is 0.467. The molecule has 1 rings (SSSR count). The van der Waals surface area contributed by atoms with E-state index in [9.17, 15) is 9.59 Å². The number of para-hydroxylation sites is 1. The molecule has 0 fully saturated rings. The third-order valence-corrected chi connectivity index (χ3v) is 2.79. The summed E-state index contributed by atoms with van der Waals surface area (Å²) in [5, 5.41) is 2.69. The van der Waals surface area contributed by atoms with Gasteiger partial charge in [0.1, 0.15) is 5.75 Å². The van der Waals surface area contributed by atoms with Crippen molar-refractivity contribution in [2.24, 2.45) is 0 Å². The van der Waals surface area contributed by atoms with Crippen molar-refractivity contribution in [2.75, 3.05) is 26.2 Å². The monoisotopic (exact) mass is 278 g/mol. The van der Waals surface area contributed by atoms with Gasteiger partial charge in [-0.3, -0.25) is 9.59 Å². The van der Waals surface area contributed by atoms with Crippen LogP contribution in [0.1, 0.15) is 31.1 Å². The van der Waals surface area contributed by atoms with E-state index in [1.807, 2.05) is 26.8 Å². The third kappa shape index (κ3) is 4.26. The summed E-state index contributed by atoms with van der Waals surface area (Å²) in [5.41, 5.74) is 0.487. The van der Waals surface area contributed by atoms with Crippen LogP contribution >= 0.6 is 0 Å². The van der Waals surface area contributed by atoms with Crippen LogP contribution in [0.2, 0.25) is 0 Å². The topological polar surface area (TPSA) is 58.6 Å². The number of hydrogen-bond donors (Lipinski definition) is 1. The van der Waals surface area contributed by atoms with Gasteiger partial charge in [-0.15, -0.1) is 0 Å². The molecule has 0 heterocycles. The Hall–Kier alpha value is -2.04. The maximum absolute atomic E-state index is 12.5. The Kier molecular flexibility index (Phi) is 6.56. The van der Waals surface area contributed by atoms with Crippen LogP contribution in [0.25, 0.3) is 0 Å². The molecule has 1 aromatic rings. The number of amides is 2. The number of nitrogens with zero attached hydrogens (tertiary/aromatic N) is 1. The first-order valence-corrected chi connectivity index (χ1v) is 6.91. The van der Waals surface area contributed by atoms with Gasteiger partial charge in [-0.25, -0.2) is 0 Å². The van der Waals surface area contributed by atoms with Crippen LogP contribution in [0.4, 0.5) is 0 Å². The highest BCUT2D eigenvalue weighted by molar-refractivity contribution is 5.98. The highest BCUT2D eigenvalue weighted by Crippen LogP contribution is 2.19. The van der Waals surface area contributed by atoms with E-state index >= 15 is 0 Å². The lowest BCUT2D eigenvalue weighted by atomic mass is 10.1. The van der Waals surface area contributed by atoms with E-state index in [1.165, 1.54) is 4.90 Å². The largest absolute Gasteiger partial charge is 0.493 e. The van der Waals surface area contributed by atoms with E-state index in [-0.39, 0.29) is 18.4 Å². The Morgan fingerprint density at radius 1 is 1.20 bits per heavy atom. The molecule has 0 unspecified atom stereocenters. The van der Waals surface area contributed by atoms with Gasteiger partial charge in [-0.1, -0.05) is 12.1 Å². The molecular formula is C15H22N2O3. The Balaban J connectivity index is 2.88. The average Bonchev–Trinajstić information content (AvgIpc) is 2.45. The lowest BCUT2D eigenvalue weighted by Gasteiger charge is -2.21. The molecule has 1 aromatic carbocycles. The molecule has 110 valence electrons. The van der Waals surface area contributed by atoms with E-state index in [2.05, 4.69) is 5.32 Å². The van der Waals surface area contributed by atoms with Crippen LogP contribution in [0.5, 0.6) is 5.75 Å². The minimum atomic E-state index is -0.192. The first-order chi connectivity index (χ1) is 9.63. The minimum Gasteiger partial charge on any atom is -0.493 e. The fourth-order valence-electron chi connectivity index (χ4n) is 1.85. The molecule has 0 aliphatic carbocycles. The number of ether oxygens (including phenoxy) is 1. The van der Waals surface area contributed by atoms with Crippen LogP contribution in [0, 0.1) is 0 Å². The number of hydrogen-bond acceptors (Lipinski definition) is 3. The van der Waals surface area contributed by atoms with Gasteiger partial charge in [0, 0.05) is 13.1 Å². The molecule has 0 aliphatic rings. The highest BCUT2D eigenvalue weighted by atomic mass is 16.5. The lowest BCUT2D eigenvalue weighted by Crippen LogP contribution is -2.40. The zero-order chi connectivity index (χ0) is 15.0. The lowest BCUT2D eigenvalue weighted by molar-refractivity contribution is -0.121. The molecule has 5 heteroatoms. The predicted octanol–water partition coefficient (Wildman–Crippen LogP) is 1.68. The van der Waals surface area contributed by atoms with Crippen molar-refractivity contribution in [3.05, 3.63) is 29.8 Å². The summed E-state index contributed by atoms with van der Waals surface area (Å²) in [7, 11) is 0. The molecule has 1 N–H and O–H groups in total.